The molecule has 1 amide bonds. The summed E-state index contributed by atoms with van der Waals surface area (Å²) in [5.74, 6) is 0. The van der Waals surface area contributed by atoms with E-state index in [2.05, 4.69) is 15.9 Å². The van der Waals surface area contributed by atoms with Crippen molar-refractivity contribution in [1.82, 2.24) is 4.90 Å². The normalized spacial score (nSPS) is 20.9. The van der Waals surface area contributed by atoms with Gasteiger partial charge in [0, 0.05) is 23.9 Å². The molecule has 1 fully saturated rings. The number of carbonyl (C=O) groups is 1. The van der Waals surface area contributed by atoms with Gasteiger partial charge in [0.2, 0.25) is 0 Å². The zero-order valence-corrected chi connectivity index (χ0v) is 18.8. The molecule has 0 radical (unpaired) electrons. The van der Waals surface area contributed by atoms with Gasteiger partial charge >= 0.3 is 6.09 Å². The highest BCUT2D eigenvalue weighted by Gasteiger charge is 2.43. The molecule has 0 unspecified atom stereocenters. The highest BCUT2D eigenvalue weighted by Crippen LogP contribution is 2.39. The second kappa shape index (κ2) is 8.85. The Morgan fingerprint density at radius 2 is 1.83 bits per heavy atom. The molecule has 2 aromatic rings. The highest BCUT2D eigenvalue weighted by molar-refractivity contribution is 9.10. The van der Waals surface area contributed by atoms with Gasteiger partial charge < -0.3 is 9.64 Å². The molecule has 0 bridgehead atoms. The van der Waals surface area contributed by atoms with Crippen LogP contribution in [0.25, 0.3) is 0 Å². The van der Waals surface area contributed by atoms with Crippen molar-refractivity contribution in [3.05, 3.63) is 70.2 Å². The number of carbonyl (C=O) groups excluding carboxylic acids is 1. The van der Waals surface area contributed by atoms with Gasteiger partial charge in [-0.3, -0.25) is 4.18 Å². The Morgan fingerprint density at radius 3 is 2.41 bits per heavy atom. The van der Waals surface area contributed by atoms with Crippen LogP contribution in [0.3, 0.4) is 0 Å². The summed E-state index contributed by atoms with van der Waals surface area (Å²) in [4.78, 5) is 14.7. The molecule has 1 heterocycles. The predicted molar refractivity (Wildman–Crippen MR) is 114 cm³/mol. The van der Waals surface area contributed by atoms with E-state index >= 15 is 0 Å². The average Bonchev–Trinajstić information content (AvgIpc) is 2.68. The van der Waals surface area contributed by atoms with Gasteiger partial charge in [0.15, 0.2) is 0 Å². The van der Waals surface area contributed by atoms with Gasteiger partial charge in [0.05, 0.1) is 18.9 Å². The lowest BCUT2D eigenvalue weighted by Crippen LogP contribution is -2.49. The second-order valence-electron chi connectivity index (χ2n) is 7.18. The summed E-state index contributed by atoms with van der Waals surface area (Å²) >= 11 is 3.42. The zero-order valence-electron chi connectivity index (χ0n) is 16.4. The third-order valence-corrected chi connectivity index (χ3v) is 6.32. The van der Waals surface area contributed by atoms with E-state index in [1.54, 1.807) is 4.90 Å². The van der Waals surface area contributed by atoms with Crippen molar-refractivity contribution in [1.29, 1.82) is 0 Å². The van der Waals surface area contributed by atoms with Gasteiger partial charge in [-0.15, -0.1) is 0 Å². The Bertz CT molecular complexity index is 949. The fourth-order valence-electron chi connectivity index (χ4n) is 3.57. The van der Waals surface area contributed by atoms with Crippen LogP contribution < -0.4 is 0 Å². The summed E-state index contributed by atoms with van der Waals surface area (Å²) in [5.41, 5.74) is 0.929. The van der Waals surface area contributed by atoms with Crippen molar-refractivity contribution in [3.8, 4) is 0 Å². The molecular weight excluding hydrogens is 458 g/mol. The number of cyclic esters (lactones) is 1. The Balaban J connectivity index is 1.80. The maximum absolute atomic E-state index is 13.0. The first-order valence-corrected chi connectivity index (χ1v) is 12.0. The maximum atomic E-state index is 13.0. The van der Waals surface area contributed by atoms with Crippen molar-refractivity contribution in [2.45, 2.75) is 31.4 Å². The monoisotopic (exact) mass is 481 g/mol. The summed E-state index contributed by atoms with van der Waals surface area (Å²) in [6, 6.07) is 17.1. The molecular formula is C21H24BrNO5S. The van der Waals surface area contributed by atoms with Gasteiger partial charge in [0.1, 0.15) is 5.60 Å². The van der Waals surface area contributed by atoms with Crippen LogP contribution in [-0.4, -0.2) is 38.8 Å². The number of hydrogen-bond acceptors (Lipinski definition) is 5. The quantitative estimate of drug-likeness (QED) is 0.539. The molecule has 0 saturated carbocycles. The maximum Gasteiger partial charge on any atom is 0.411 e. The lowest BCUT2D eigenvalue weighted by molar-refractivity contribution is -0.0701. The highest BCUT2D eigenvalue weighted by atomic mass is 79.9. The van der Waals surface area contributed by atoms with Crippen molar-refractivity contribution in [2.24, 2.45) is 0 Å². The van der Waals surface area contributed by atoms with Gasteiger partial charge in [-0.05, 0) is 30.2 Å². The molecule has 29 heavy (non-hydrogen) atoms. The van der Waals surface area contributed by atoms with E-state index in [-0.39, 0.29) is 19.1 Å². The second-order valence-corrected chi connectivity index (χ2v) is 9.73. The zero-order chi connectivity index (χ0) is 21.1. The minimum atomic E-state index is -3.57. The fraction of sp³-hybridized carbons (Fsp3) is 0.381. The van der Waals surface area contributed by atoms with Crippen molar-refractivity contribution in [3.63, 3.8) is 0 Å². The van der Waals surface area contributed by atoms with E-state index in [4.69, 9.17) is 8.92 Å². The van der Waals surface area contributed by atoms with Gasteiger partial charge in [-0.2, -0.15) is 8.42 Å². The lowest BCUT2D eigenvalue weighted by Gasteiger charge is -2.43. The summed E-state index contributed by atoms with van der Waals surface area (Å²) in [6.07, 6.45) is 1.39. The van der Waals surface area contributed by atoms with E-state index in [1.807, 2.05) is 61.5 Å². The van der Waals surface area contributed by atoms with Crippen LogP contribution in [0.2, 0.25) is 0 Å². The van der Waals surface area contributed by atoms with Crippen LogP contribution in [0.1, 0.15) is 36.9 Å². The van der Waals surface area contributed by atoms with Crippen LogP contribution in [0, 0.1) is 0 Å². The number of halogens is 1. The van der Waals surface area contributed by atoms with E-state index in [0.717, 1.165) is 21.9 Å². The molecule has 0 spiro atoms. The Kier molecular flexibility index (Phi) is 6.65. The number of benzene rings is 2. The van der Waals surface area contributed by atoms with Crippen LogP contribution >= 0.6 is 15.9 Å². The van der Waals surface area contributed by atoms with Crippen molar-refractivity contribution in [2.75, 3.05) is 19.4 Å². The smallest absolute Gasteiger partial charge is 0.411 e. The van der Waals surface area contributed by atoms with E-state index in [1.165, 1.54) is 0 Å². The largest absolute Gasteiger partial charge is 0.438 e. The van der Waals surface area contributed by atoms with E-state index < -0.39 is 21.8 Å². The number of ether oxygens (including phenoxy) is 1. The van der Waals surface area contributed by atoms with E-state index in [0.29, 0.717) is 13.0 Å². The summed E-state index contributed by atoms with van der Waals surface area (Å²) < 4.78 is 34.6. The number of hydrogen-bond donors (Lipinski definition) is 0. The third kappa shape index (κ3) is 5.38. The number of rotatable bonds is 7. The van der Waals surface area contributed by atoms with Crippen molar-refractivity contribution < 1.29 is 22.1 Å². The van der Waals surface area contributed by atoms with Crippen molar-refractivity contribution >= 4 is 32.1 Å². The lowest BCUT2D eigenvalue weighted by atomic mass is 9.85. The van der Waals surface area contributed by atoms with E-state index in [9.17, 15) is 13.2 Å². The summed E-state index contributed by atoms with van der Waals surface area (Å²) in [7, 11) is -3.57. The third-order valence-electron chi connectivity index (χ3n) is 5.20. The van der Waals surface area contributed by atoms with Crippen LogP contribution in [0.4, 0.5) is 4.79 Å². The minimum Gasteiger partial charge on any atom is -0.438 e. The van der Waals surface area contributed by atoms with Gasteiger partial charge in [0.25, 0.3) is 10.1 Å². The first kappa shape index (κ1) is 21.8. The standard InChI is InChI=1S/C21H24BrNO5S/c1-16(17-8-10-19(22)11-9-17)23-14-12-21(28-20(23)24,13-15-27-29(2,25)26)18-6-4-3-5-7-18/h3-11,16H,12-15H2,1-2H3/t16-,21-/m0/s1. The average molecular weight is 482 g/mol. The molecule has 1 aliphatic heterocycles. The molecule has 1 aliphatic rings. The SMILES string of the molecule is C[C@@H](c1ccc(Br)cc1)N1CC[C@](CCOS(C)(=O)=O)(c2ccccc2)OC1=O. The summed E-state index contributed by atoms with van der Waals surface area (Å²) in [5, 5.41) is 0. The Morgan fingerprint density at radius 1 is 1.17 bits per heavy atom. The van der Waals surface area contributed by atoms with Gasteiger partial charge in [-0.25, -0.2) is 4.79 Å². The predicted octanol–water partition coefficient (Wildman–Crippen LogP) is 4.61. The molecule has 0 aliphatic carbocycles. The molecule has 6 nitrogen and oxygen atoms in total. The molecule has 8 heteroatoms. The number of nitrogens with zero attached hydrogens (tertiary/aromatic N) is 1. The molecule has 2 aromatic carbocycles. The molecule has 1 saturated heterocycles. The number of amides is 1. The molecule has 2 atom stereocenters. The minimum absolute atomic E-state index is 0.0523. The van der Waals surface area contributed by atoms with Crippen LogP contribution in [0.5, 0.6) is 0 Å². The first-order valence-electron chi connectivity index (χ1n) is 9.35. The fourth-order valence-corrected chi connectivity index (χ4v) is 4.22. The van der Waals surface area contributed by atoms with Crippen LogP contribution in [-0.2, 0) is 24.6 Å². The topological polar surface area (TPSA) is 72.9 Å². The first-order chi connectivity index (χ1) is 13.7. The van der Waals surface area contributed by atoms with Gasteiger partial charge in [-0.1, -0.05) is 58.4 Å². The Hall–Kier alpha value is -1.90. The molecule has 0 N–H and O–H groups in total. The molecule has 0 aromatic heterocycles. The summed E-state index contributed by atoms with van der Waals surface area (Å²) in [6.45, 7) is 2.40. The Labute approximate surface area is 180 Å². The van der Waals surface area contributed by atoms with Crippen LogP contribution in [0.15, 0.2) is 59.1 Å². The molecule has 3 rings (SSSR count). The molecule has 156 valence electrons.